The number of aryl methyl sites for hydroxylation is 3. The molecule has 1 aromatic heterocycles. The summed E-state index contributed by atoms with van der Waals surface area (Å²) in [6.45, 7) is 3.88. The summed E-state index contributed by atoms with van der Waals surface area (Å²) in [5.74, 6) is -0.329. The second kappa shape index (κ2) is 5.06. The molecule has 0 aliphatic rings. The Balaban J connectivity index is 2.28. The normalized spacial score (nSPS) is 10.3. The molecule has 0 radical (unpaired) electrons. The van der Waals surface area contributed by atoms with Crippen LogP contribution in [-0.4, -0.2) is 15.7 Å². The molecule has 0 bridgehead atoms. The first-order valence-electron chi connectivity index (χ1n) is 5.90. The topological polar surface area (TPSA) is 64.0 Å². The summed E-state index contributed by atoms with van der Waals surface area (Å²) in [7, 11) is 1.51. The van der Waals surface area contributed by atoms with Gasteiger partial charge in [0.25, 0.3) is 11.5 Å². The Morgan fingerprint density at radius 2 is 1.95 bits per heavy atom. The second-order valence-corrected chi connectivity index (χ2v) is 4.45. The van der Waals surface area contributed by atoms with E-state index in [1.807, 2.05) is 32.0 Å². The molecule has 19 heavy (non-hydrogen) atoms. The summed E-state index contributed by atoms with van der Waals surface area (Å²) in [5, 5.41) is 6.71. The van der Waals surface area contributed by atoms with Crippen LogP contribution >= 0.6 is 0 Å². The molecule has 0 spiro atoms. The molecular weight excluding hydrogens is 242 g/mol. The zero-order chi connectivity index (χ0) is 14.0. The Bertz CT molecular complexity index is 689. The standard InChI is InChI=1S/C14H15N3O2/c1-9-4-5-10(2)12(8-9)15-14(19)11-6-7-13(18)17(3)16-11/h4-8H,1-3H3,(H,15,19). The molecule has 0 saturated carbocycles. The van der Waals surface area contributed by atoms with Crippen molar-refractivity contribution in [2.24, 2.45) is 7.05 Å². The van der Waals surface area contributed by atoms with E-state index < -0.39 is 0 Å². The van der Waals surface area contributed by atoms with Gasteiger partial charge in [0.15, 0.2) is 0 Å². The molecule has 0 unspecified atom stereocenters. The maximum absolute atomic E-state index is 12.1. The summed E-state index contributed by atoms with van der Waals surface area (Å²) in [4.78, 5) is 23.3. The van der Waals surface area contributed by atoms with Crippen molar-refractivity contribution in [3.8, 4) is 0 Å². The quantitative estimate of drug-likeness (QED) is 0.889. The first-order valence-corrected chi connectivity index (χ1v) is 5.90. The number of hydrogen-bond donors (Lipinski definition) is 1. The van der Waals surface area contributed by atoms with Crippen LogP contribution in [0.15, 0.2) is 35.1 Å². The molecule has 2 rings (SSSR count). The van der Waals surface area contributed by atoms with Crippen molar-refractivity contribution in [3.63, 3.8) is 0 Å². The summed E-state index contributed by atoms with van der Waals surface area (Å²) in [6, 6.07) is 8.57. The van der Waals surface area contributed by atoms with Crippen molar-refractivity contribution in [3.05, 3.63) is 57.5 Å². The van der Waals surface area contributed by atoms with E-state index in [-0.39, 0.29) is 17.2 Å². The molecule has 1 aromatic carbocycles. The van der Waals surface area contributed by atoms with Gasteiger partial charge >= 0.3 is 0 Å². The number of aromatic nitrogens is 2. The van der Waals surface area contributed by atoms with Gasteiger partial charge in [-0.05, 0) is 37.1 Å². The van der Waals surface area contributed by atoms with Gasteiger partial charge in [0.05, 0.1) is 0 Å². The predicted octanol–water partition coefficient (Wildman–Crippen LogP) is 1.65. The molecule has 98 valence electrons. The third-order valence-corrected chi connectivity index (χ3v) is 2.83. The van der Waals surface area contributed by atoms with Crippen LogP contribution in [0.3, 0.4) is 0 Å². The highest BCUT2D eigenvalue weighted by Gasteiger charge is 2.10. The lowest BCUT2D eigenvalue weighted by Gasteiger charge is -2.09. The van der Waals surface area contributed by atoms with E-state index in [9.17, 15) is 9.59 Å². The molecule has 5 heteroatoms. The summed E-state index contributed by atoms with van der Waals surface area (Å²) in [6.07, 6.45) is 0. The molecule has 2 aromatic rings. The van der Waals surface area contributed by atoms with Crippen molar-refractivity contribution in [2.45, 2.75) is 13.8 Å². The van der Waals surface area contributed by atoms with Crippen LogP contribution in [-0.2, 0) is 7.05 Å². The Hall–Kier alpha value is -2.43. The van der Waals surface area contributed by atoms with E-state index >= 15 is 0 Å². The minimum atomic E-state index is -0.329. The van der Waals surface area contributed by atoms with Gasteiger partial charge in [0.2, 0.25) is 0 Å². The van der Waals surface area contributed by atoms with Gasteiger partial charge in [-0.2, -0.15) is 5.10 Å². The van der Waals surface area contributed by atoms with Gasteiger partial charge < -0.3 is 5.32 Å². The van der Waals surface area contributed by atoms with Crippen LogP contribution in [0.1, 0.15) is 21.6 Å². The van der Waals surface area contributed by atoms with Gasteiger partial charge in [-0.15, -0.1) is 0 Å². The molecule has 0 atom stereocenters. The lowest BCUT2D eigenvalue weighted by atomic mass is 10.1. The van der Waals surface area contributed by atoms with Crippen LogP contribution in [0.2, 0.25) is 0 Å². The number of hydrogen-bond acceptors (Lipinski definition) is 3. The number of nitrogens with zero attached hydrogens (tertiary/aromatic N) is 2. The molecule has 0 aliphatic carbocycles. The van der Waals surface area contributed by atoms with Gasteiger partial charge in [-0.1, -0.05) is 12.1 Å². The van der Waals surface area contributed by atoms with Crippen molar-refractivity contribution in [2.75, 3.05) is 5.32 Å². The average Bonchev–Trinajstić information content (AvgIpc) is 2.37. The zero-order valence-electron chi connectivity index (χ0n) is 11.1. The summed E-state index contributed by atoms with van der Waals surface area (Å²) in [5.41, 5.74) is 2.75. The summed E-state index contributed by atoms with van der Waals surface area (Å²) >= 11 is 0. The van der Waals surface area contributed by atoms with E-state index in [1.165, 1.54) is 19.2 Å². The Kier molecular flexibility index (Phi) is 3.46. The molecule has 1 amide bonds. The van der Waals surface area contributed by atoms with Gasteiger partial charge in [-0.3, -0.25) is 9.59 Å². The fourth-order valence-corrected chi connectivity index (χ4v) is 1.68. The fourth-order valence-electron chi connectivity index (χ4n) is 1.68. The molecule has 0 fully saturated rings. The van der Waals surface area contributed by atoms with Crippen LogP contribution in [0.4, 0.5) is 5.69 Å². The van der Waals surface area contributed by atoms with Crippen molar-refractivity contribution in [1.29, 1.82) is 0 Å². The maximum Gasteiger partial charge on any atom is 0.276 e. The van der Waals surface area contributed by atoms with Gasteiger partial charge in [0.1, 0.15) is 5.69 Å². The zero-order valence-corrected chi connectivity index (χ0v) is 11.1. The van der Waals surface area contributed by atoms with Crippen LogP contribution in [0, 0.1) is 13.8 Å². The molecular formula is C14H15N3O2. The Morgan fingerprint density at radius 3 is 2.63 bits per heavy atom. The van der Waals surface area contributed by atoms with E-state index in [1.54, 1.807) is 0 Å². The average molecular weight is 257 g/mol. The number of carbonyl (C=O) groups excluding carboxylic acids is 1. The highest BCUT2D eigenvalue weighted by atomic mass is 16.2. The molecule has 0 aliphatic heterocycles. The van der Waals surface area contributed by atoms with Crippen molar-refractivity contribution >= 4 is 11.6 Å². The Morgan fingerprint density at radius 1 is 1.21 bits per heavy atom. The maximum atomic E-state index is 12.1. The predicted molar refractivity (Wildman–Crippen MR) is 73.3 cm³/mol. The SMILES string of the molecule is Cc1ccc(C)c(NC(=O)c2ccc(=O)n(C)n2)c1. The first kappa shape index (κ1) is 13.0. The van der Waals surface area contributed by atoms with E-state index in [0.717, 1.165) is 21.5 Å². The third-order valence-electron chi connectivity index (χ3n) is 2.83. The van der Waals surface area contributed by atoms with Crippen molar-refractivity contribution in [1.82, 2.24) is 9.78 Å². The number of rotatable bonds is 2. The Labute approximate surface area is 110 Å². The third kappa shape index (κ3) is 2.88. The van der Waals surface area contributed by atoms with E-state index in [4.69, 9.17) is 0 Å². The van der Waals surface area contributed by atoms with Crippen LogP contribution in [0.25, 0.3) is 0 Å². The second-order valence-electron chi connectivity index (χ2n) is 4.45. The van der Waals surface area contributed by atoms with Crippen molar-refractivity contribution < 1.29 is 4.79 Å². The number of anilines is 1. The van der Waals surface area contributed by atoms with E-state index in [0.29, 0.717) is 0 Å². The van der Waals surface area contributed by atoms with E-state index in [2.05, 4.69) is 10.4 Å². The minimum Gasteiger partial charge on any atom is -0.320 e. The molecule has 1 heterocycles. The lowest BCUT2D eigenvalue weighted by Crippen LogP contribution is -2.23. The minimum absolute atomic E-state index is 0.211. The van der Waals surface area contributed by atoms with Crippen LogP contribution < -0.4 is 10.9 Å². The summed E-state index contributed by atoms with van der Waals surface area (Å²) < 4.78 is 1.14. The highest BCUT2D eigenvalue weighted by Crippen LogP contribution is 2.16. The van der Waals surface area contributed by atoms with Gasteiger partial charge in [-0.25, -0.2) is 4.68 Å². The largest absolute Gasteiger partial charge is 0.320 e. The fraction of sp³-hybridized carbons (Fsp3) is 0.214. The number of carbonyl (C=O) groups is 1. The first-order chi connectivity index (χ1) is 8.97. The lowest BCUT2D eigenvalue weighted by molar-refractivity contribution is 0.102. The smallest absolute Gasteiger partial charge is 0.276 e. The molecule has 5 nitrogen and oxygen atoms in total. The highest BCUT2D eigenvalue weighted by molar-refractivity contribution is 6.03. The monoisotopic (exact) mass is 257 g/mol. The molecule has 0 saturated heterocycles. The van der Waals surface area contributed by atoms with Gasteiger partial charge in [0, 0.05) is 18.8 Å². The number of benzene rings is 1. The number of nitrogens with one attached hydrogen (secondary N) is 1. The number of amides is 1. The molecule has 1 N–H and O–H groups in total. The van der Waals surface area contributed by atoms with Crippen LogP contribution in [0.5, 0.6) is 0 Å².